The molecule has 0 unspecified atom stereocenters. The molecule has 1 aromatic carbocycles. The van der Waals surface area contributed by atoms with Crippen LogP contribution >= 0.6 is 0 Å². The van der Waals surface area contributed by atoms with Crippen molar-refractivity contribution in [3.63, 3.8) is 0 Å². The second kappa shape index (κ2) is 3.60. The Morgan fingerprint density at radius 1 is 1.31 bits per heavy atom. The number of nitrogens with zero attached hydrogens (tertiary/aromatic N) is 1. The van der Waals surface area contributed by atoms with Crippen LogP contribution < -0.4 is 5.32 Å². The normalized spacial score (nSPS) is 15.3. The van der Waals surface area contributed by atoms with Crippen molar-refractivity contribution in [2.75, 3.05) is 0 Å². The summed E-state index contributed by atoms with van der Waals surface area (Å²) < 4.78 is 0. The minimum Gasteiger partial charge on any atom is -0.370 e. The largest absolute Gasteiger partial charge is 0.370 e. The lowest BCUT2D eigenvalue weighted by Gasteiger charge is -2.04. The van der Waals surface area contributed by atoms with Crippen molar-refractivity contribution < 1.29 is 0 Å². The molecule has 0 saturated carbocycles. The lowest BCUT2D eigenvalue weighted by atomic mass is 10.1. The molecule has 0 aliphatic carbocycles. The minimum absolute atomic E-state index is 0.826. The molecule has 13 heavy (non-hydrogen) atoms. The summed E-state index contributed by atoms with van der Waals surface area (Å²) in [6, 6.07) is 8.47. The summed E-state index contributed by atoms with van der Waals surface area (Å²) in [5.74, 6) is 1.12. The van der Waals surface area contributed by atoms with Gasteiger partial charge in [0.2, 0.25) is 0 Å². The van der Waals surface area contributed by atoms with Crippen LogP contribution in [0.15, 0.2) is 29.3 Å². The summed E-state index contributed by atoms with van der Waals surface area (Å²) in [6.45, 7) is 3.87. The van der Waals surface area contributed by atoms with Crippen molar-refractivity contribution in [3.05, 3.63) is 35.4 Å². The Morgan fingerprint density at radius 3 is 2.85 bits per heavy atom. The van der Waals surface area contributed by atoms with Gasteiger partial charge in [0, 0.05) is 13.0 Å². The van der Waals surface area contributed by atoms with Gasteiger partial charge in [-0.05, 0) is 11.1 Å². The standard InChI is InChI=1S/C11H14N2/c1-2-11-12-7-9-5-3-4-6-10(9)8-13-11/h3-6H,2,7-8H2,1H3,(H,12,13). The molecule has 2 rings (SSSR count). The lowest BCUT2D eigenvalue weighted by molar-refractivity contribution is 0.897. The summed E-state index contributed by atoms with van der Waals surface area (Å²) in [7, 11) is 0. The molecule has 0 amide bonds. The van der Waals surface area contributed by atoms with E-state index in [0.29, 0.717) is 0 Å². The van der Waals surface area contributed by atoms with Crippen LogP contribution in [0.3, 0.4) is 0 Å². The van der Waals surface area contributed by atoms with Crippen molar-refractivity contribution in [3.8, 4) is 0 Å². The fraction of sp³-hybridized carbons (Fsp3) is 0.364. The maximum Gasteiger partial charge on any atom is 0.0967 e. The van der Waals surface area contributed by atoms with Crippen molar-refractivity contribution in [1.82, 2.24) is 5.32 Å². The molecule has 1 N–H and O–H groups in total. The molecule has 0 spiro atoms. The Kier molecular flexibility index (Phi) is 2.30. The second-order valence-corrected chi connectivity index (χ2v) is 3.24. The van der Waals surface area contributed by atoms with E-state index in [9.17, 15) is 0 Å². The molecule has 1 aliphatic heterocycles. The molecule has 2 nitrogen and oxygen atoms in total. The number of rotatable bonds is 1. The lowest BCUT2D eigenvalue weighted by Crippen LogP contribution is -2.20. The fourth-order valence-corrected chi connectivity index (χ4v) is 1.55. The smallest absolute Gasteiger partial charge is 0.0967 e. The number of aliphatic imine (C=N–C) groups is 1. The fourth-order valence-electron chi connectivity index (χ4n) is 1.55. The SMILES string of the molecule is CCC1=NCc2ccccc2CN1. The highest BCUT2D eigenvalue weighted by Gasteiger charge is 2.06. The van der Waals surface area contributed by atoms with E-state index in [2.05, 4.69) is 41.5 Å². The summed E-state index contributed by atoms with van der Waals surface area (Å²) in [6.07, 6.45) is 0.994. The van der Waals surface area contributed by atoms with Crippen molar-refractivity contribution >= 4 is 5.84 Å². The number of nitrogens with one attached hydrogen (secondary N) is 1. The van der Waals surface area contributed by atoms with Crippen LogP contribution in [0.25, 0.3) is 0 Å². The minimum atomic E-state index is 0.826. The topological polar surface area (TPSA) is 24.4 Å². The molecule has 0 aromatic heterocycles. The van der Waals surface area contributed by atoms with Gasteiger partial charge in [-0.15, -0.1) is 0 Å². The van der Waals surface area contributed by atoms with Crippen LogP contribution in [0.4, 0.5) is 0 Å². The average molecular weight is 174 g/mol. The number of fused-ring (bicyclic) bond motifs is 1. The Bertz CT molecular complexity index is 329. The third kappa shape index (κ3) is 1.72. The molecule has 0 bridgehead atoms. The molecule has 1 aliphatic rings. The summed E-state index contributed by atoms with van der Waals surface area (Å²) >= 11 is 0. The zero-order valence-electron chi connectivity index (χ0n) is 7.88. The van der Waals surface area contributed by atoms with E-state index >= 15 is 0 Å². The van der Waals surface area contributed by atoms with Crippen LogP contribution in [0.1, 0.15) is 24.5 Å². The predicted molar refractivity (Wildman–Crippen MR) is 54.7 cm³/mol. The van der Waals surface area contributed by atoms with Gasteiger partial charge in [-0.3, -0.25) is 4.99 Å². The molecular weight excluding hydrogens is 160 g/mol. The Labute approximate surface area is 78.7 Å². The van der Waals surface area contributed by atoms with E-state index in [0.717, 1.165) is 25.3 Å². The van der Waals surface area contributed by atoms with Gasteiger partial charge < -0.3 is 5.32 Å². The van der Waals surface area contributed by atoms with Crippen LogP contribution in [-0.2, 0) is 13.1 Å². The van der Waals surface area contributed by atoms with Crippen LogP contribution in [0.2, 0.25) is 0 Å². The van der Waals surface area contributed by atoms with Crippen molar-refractivity contribution in [1.29, 1.82) is 0 Å². The first kappa shape index (κ1) is 8.30. The van der Waals surface area contributed by atoms with Gasteiger partial charge in [0.05, 0.1) is 12.4 Å². The van der Waals surface area contributed by atoms with Crippen molar-refractivity contribution in [2.45, 2.75) is 26.4 Å². The molecule has 0 fully saturated rings. The van der Waals surface area contributed by atoms with Gasteiger partial charge in [0.15, 0.2) is 0 Å². The third-order valence-corrected chi connectivity index (χ3v) is 2.38. The summed E-state index contributed by atoms with van der Waals surface area (Å²) in [4.78, 5) is 4.49. The van der Waals surface area contributed by atoms with Gasteiger partial charge >= 0.3 is 0 Å². The monoisotopic (exact) mass is 174 g/mol. The molecule has 68 valence electrons. The summed E-state index contributed by atoms with van der Waals surface area (Å²) in [5.41, 5.74) is 2.72. The van der Waals surface area contributed by atoms with Gasteiger partial charge in [-0.25, -0.2) is 0 Å². The molecule has 1 aromatic rings. The van der Waals surface area contributed by atoms with E-state index in [4.69, 9.17) is 0 Å². The first-order valence-corrected chi connectivity index (χ1v) is 4.74. The van der Waals surface area contributed by atoms with Crippen LogP contribution in [-0.4, -0.2) is 5.84 Å². The third-order valence-electron chi connectivity index (χ3n) is 2.38. The zero-order chi connectivity index (χ0) is 9.10. The van der Waals surface area contributed by atoms with Crippen LogP contribution in [0.5, 0.6) is 0 Å². The molecule has 1 heterocycles. The highest BCUT2D eigenvalue weighted by Crippen LogP contribution is 2.12. The van der Waals surface area contributed by atoms with E-state index < -0.39 is 0 Å². The predicted octanol–water partition coefficient (Wildman–Crippen LogP) is 2.10. The van der Waals surface area contributed by atoms with Crippen molar-refractivity contribution in [2.24, 2.45) is 4.99 Å². The van der Waals surface area contributed by atoms with Gasteiger partial charge in [0.25, 0.3) is 0 Å². The van der Waals surface area contributed by atoms with E-state index in [1.54, 1.807) is 0 Å². The average Bonchev–Trinajstić information content (AvgIpc) is 2.39. The molecule has 0 radical (unpaired) electrons. The molecular formula is C11H14N2. The molecule has 2 heteroatoms. The number of benzene rings is 1. The van der Waals surface area contributed by atoms with Crippen LogP contribution in [0, 0.1) is 0 Å². The number of amidine groups is 1. The van der Waals surface area contributed by atoms with Gasteiger partial charge in [-0.1, -0.05) is 31.2 Å². The quantitative estimate of drug-likeness (QED) is 0.692. The van der Waals surface area contributed by atoms with Gasteiger partial charge in [0.1, 0.15) is 0 Å². The molecule has 0 saturated heterocycles. The van der Waals surface area contributed by atoms with E-state index in [-0.39, 0.29) is 0 Å². The molecule has 0 atom stereocenters. The Morgan fingerprint density at radius 2 is 2.08 bits per heavy atom. The number of hydrogen-bond acceptors (Lipinski definition) is 2. The highest BCUT2D eigenvalue weighted by molar-refractivity contribution is 5.82. The first-order chi connectivity index (χ1) is 6.40. The number of hydrogen-bond donors (Lipinski definition) is 1. The van der Waals surface area contributed by atoms with Gasteiger partial charge in [-0.2, -0.15) is 0 Å². The summed E-state index contributed by atoms with van der Waals surface area (Å²) in [5, 5.41) is 3.34. The maximum absolute atomic E-state index is 4.49. The second-order valence-electron chi connectivity index (χ2n) is 3.24. The van der Waals surface area contributed by atoms with E-state index in [1.165, 1.54) is 11.1 Å². The Hall–Kier alpha value is -1.31. The maximum atomic E-state index is 4.49. The van der Waals surface area contributed by atoms with E-state index in [1.807, 2.05) is 0 Å². The Balaban J connectivity index is 2.26. The highest BCUT2D eigenvalue weighted by atomic mass is 15.0. The first-order valence-electron chi connectivity index (χ1n) is 4.74. The zero-order valence-corrected chi connectivity index (χ0v) is 7.88.